The summed E-state index contributed by atoms with van der Waals surface area (Å²) in [7, 11) is 0. The number of para-hydroxylation sites is 1. The fraction of sp³-hybridized carbons (Fsp3) is 0.150. The smallest absolute Gasteiger partial charge is 0.115 e. The van der Waals surface area contributed by atoms with Gasteiger partial charge in [0.2, 0.25) is 0 Å². The SMILES string of the molecule is C[C](C)=[Ti+].Oc1ccccc1.[C-]1=C(c2ccccc2)C=CC1.[Cl-].[Cl-]. The molecule has 0 amide bonds. The summed E-state index contributed by atoms with van der Waals surface area (Å²) in [5.41, 5.74) is 2.49. The molecular weight excluding hydrogens is 375 g/mol. The maximum atomic E-state index is 8.63. The number of rotatable bonds is 1. The van der Waals surface area contributed by atoms with Gasteiger partial charge in [0.15, 0.2) is 0 Å². The first-order chi connectivity index (χ1) is 10.6. The zero-order valence-corrected chi connectivity index (χ0v) is 16.9. The van der Waals surface area contributed by atoms with Crippen LogP contribution in [0.1, 0.15) is 25.8 Å². The Kier molecular flexibility index (Phi) is 16.1. The van der Waals surface area contributed by atoms with Crippen molar-refractivity contribution < 1.29 is 49.9 Å². The minimum atomic E-state index is 0. The van der Waals surface area contributed by atoms with Crippen molar-refractivity contribution in [3.8, 4) is 5.75 Å². The average Bonchev–Trinajstić information content (AvgIpc) is 3.03. The van der Waals surface area contributed by atoms with E-state index in [1.165, 1.54) is 14.9 Å². The molecule has 0 aliphatic heterocycles. The Balaban J connectivity index is 0. The summed E-state index contributed by atoms with van der Waals surface area (Å²) in [5.74, 6) is 0.322. The molecule has 0 unspecified atom stereocenters. The minimum Gasteiger partial charge on any atom is -1.00 e. The van der Waals surface area contributed by atoms with Crippen LogP contribution in [-0.2, 0) is 20.0 Å². The van der Waals surface area contributed by atoms with Gasteiger partial charge in [-0.25, -0.2) is 0 Å². The van der Waals surface area contributed by atoms with Crippen LogP contribution >= 0.6 is 0 Å². The van der Waals surface area contributed by atoms with Crippen molar-refractivity contribution >= 4 is 9.38 Å². The van der Waals surface area contributed by atoms with E-state index in [1.54, 1.807) is 24.3 Å². The molecule has 1 aliphatic rings. The summed E-state index contributed by atoms with van der Waals surface area (Å²) in [6.07, 6.45) is 8.49. The fourth-order valence-corrected chi connectivity index (χ4v) is 1.65. The summed E-state index contributed by atoms with van der Waals surface area (Å²) in [5, 5.41) is 8.63. The summed E-state index contributed by atoms with van der Waals surface area (Å²) < 4.78 is 1.42. The fourth-order valence-electron chi connectivity index (χ4n) is 1.65. The van der Waals surface area contributed by atoms with Crippen molar-refractivity contribution in [3.05, 3.63) is 84.5 Å². The van der Waals surface area contributed by atoms with Crippen LogP contribution in [0.15, 0.2) is 72.8 Å². The van der Waals surface area contributed by atoms with Gasteiger partial charge in [-0.1, -0.05) is 42.8 Å². The Morgan fingerprint density at radius 2 is 1.38 bits per heavy atom. The number of phenolic OH excluding ortho intramolecular Hbond substituents is 1. The topological polar surface area (TPSA) is 20.2 Å². The normalized spacial score (nSPS) is 10.6. The first kappa shape index (κ1) is 25.1. The van der Waals surface area contributed by atoms with Gasteiger partial charge in [0.25, 0.3) is 0 Å². The Morgan fingerprint density at radius 3 is 1.71 bits per heavy atom. The molecule has 0 aromatic heterocycles. The van der Waals surface area contributed by atoms with E-state index >= 15 is 0 Å². The second-order valence-electron chi connectivity index (χ2n) is 4.90. The third-order valence-corrected chi connectivity index (χ3v) is 2.54. The second-order valence-corrected chi connectivity index (χ2v) is 6.46. The van der Waals surface area contributed by atoms with Crippen LogP contribution < -0.4 is 24.8 Å². The summed E-state index contributed by atoms with van der Waals surface area (Å²) in [6, 6.07) is 19.1. The molecule has 2 aromatic rings. The Hall–Kier alpha value is -1.12. The Morgan fingerprint density at radius 1 is 0.917 bits per heavy atom. The maximum absolute atomic E-state index is 8.63. The van der Waals surface area contributed by atoms with E-state index in [9.17, 15) is 0 Å². The number of aromatic hydroxyl groups is 1. The Labute approximate surface area is 169 Å². The standard InChI is InChI=1S/C11H9.C6H6O.C3H6.2ClH.Ti/c1-2-6-10(7-3-1)11-8-4-5-9-11;7-6-4-2-1-3-5-6;1-3-2;;;/h1-4,6-8H,5H2;1-5,7H;1-2H3;2*1H;/q-1;;;;;+1/p-2. The summed E-state index contributed by atoms with van der Waals surface area (Å²) >= 11 is 2.08. The van der Waals surface area contributed by atoms with Crippen molar-refractivity contribution in [2.24, 2.45) is 0 Å². The number of hydrogen-bond donors (Lipinski definition) is 1. The number of hydrogen-bond acceptors (Lipinski definition) is 1. The monoisotopic (exact) mass is 395 g/mol. The van der Waals surface area contributed by atoms with Crippen LogP contribution in [0.3, 0.4) is 0 Å². The van der Waals surface area contributed by atoms with Gasteiger partial charge in [0.1, 0.15) is 5.75 Å². The summed E-state index contributed by atoms with van der Waals surface area (Å²) in [6.45, 7) is 4.17. The molecule has 0 saturated carbocycles. The van der Waals surface area contributed by atoms with Crippen molar-refractivity contribution in [2.75, 3.05) is 0 Å². The third kappa shape index (κ3) is 12.3. The predicted molar refractivity (Wildman–Crippen MR) is 91.3 cm³/mol. The van der Waals surface area contributed by atoms with E-state index in [2.05, 4.69) is 76.3 Å². The van der Waals surface area contributed by atoms with Gasteiger partial charge >= 0.3 is 37.6 Å². The number of phenols is 1. The molecule has 0 atom stereocenters. The second kappa shape index (κ2) is 15.4. The maximum Gasteiger partial charge on any atom is 0.115 e. The zero-order chi connectivity index (χ0) is 16.2. The first-order valence-electron chi connectivity index (χ1n) is 7.18. The largest absolute Gasteiger partial charge is 1.00 e. The quantitative estimate of drug-likeness (QED) is 0.484. The first-order valence-corrected chi connectivity index (χ1v) is 7.96. The molecule has 1 nitrogen and oxygen atoms in total. The molecular formula is C20H21Cl2OTi-2. The molecule has 0 radical (unpaired) electrons. The van der Waals surface area contributed by atoms with Crippen LogP contribution in [0.4, 0.5) is 0 Å². The van der Waals surface area contributed by atoms with E-state index in [-0.39, 0.29) is 24.8 Å². The average molecular weight is 396 g/mol. The van der Waals surface area contributed by atoms with Crippen molar-refractivity contribution in [1.82, 2.24) is 0 Å². The molecule has 0 fully saturated rings. The summed E-state index contributed by atoms with van der Waals surface area (Å²) in [4.78, 5) is 0. The molecule has 1 N–H and O–H groups in total. The minimum absolute atomic E-state index is 0. The molecule has 127 valence electrons. The third-order valence-electron chi connectivity index (χ3n) is 2.54. The Bertz CT molecular complexity index is 619. The van der Waals surface area contributed by atoms with E-state index < -0.39 is 0 Å². The van der Waals surface area contributed by atoms with Crippen LogP contribution in [0.25, 0.3) is 5.57 Å². The van der Waals surface area contributed by atoms with E-state index in [0.29, 0.717) is 5.75 Å². The van der Waals surface area contributed by atoms with Crippen molar-refractivity contribution in [3.63, 3.8) is 0 Å². The van der Waals surface area contributed by atoms with Crippen LogP contribution in [-0.4, -0.2) is 8.92 Å². The number of allylic oxidation sites excluding steroid dienone is 4. The van der Waals surface area contributed by atoms with Crippen LogP contribution in [0.2, 0.25) is 0 Å². The molecule has 0 saturated heterocycles. The van der Waals surface area contributed by atoms with Gasteiger partial charge in [-0.3, -0.25) is 0 Å². The van der Waals surface area contributed by atoms with E-state index in [1.807, 2.05) is 12.1 Å². The van der Waals surface area contributed by atoms with Gasteiger partial charge in [0.05, 0.1) is 0 Å². The molecule has 0 heterocycles. The van der Waals surface area contributed by atoms with Gasteiger partial charge in [-0.15, -0.1) is 23.8 Å². The molecule has 4 heteroatoms. The molecule has 2 aromatic carbocycles. The molecule has 0 spiro atoms. The van der Waals surface area contributed by atoms with Gasteiger partial charge < -0.3 is 29.9 Å². The van der Waals surface area contributed by atoms with E-state index in [0.717, 1.165) is 6.42 Å². The predicted octanol–water partition coefficient (Wildman–Crippen LogP) is -1.02. The van der Waals surface area contributed by atoms with Crippen LogP contribution in [0.5, 0.6) is 5.75 Å². The van der Waals surface area contributed by atoms with Gasteiger partial charge in [0, 0.05) is 0 Å². The number of halogens is 2. The zero-order valence-electron chi connectivity index (χ0n) is 13.8. The van der Waals surface area contributed by atoms with E-state index in [4.69, 9.17) is 5.11 Å². The van der Waals surface area contributed by atoms with Crippen molar-refractivity contribution in [1.29, 1.82) is 0 Å². The van der Waals surface area contributed by atoms with Gasteiger partial charge in [-0.05, 0) is 12.1 Å². The van der Waals surface area contributed by atoms with Gasteiger partial charge in [-0.2, -0.15) is 17.7 Å². The molecule has 24 heavy (non-hydrogen) atoms. The van der Waals surface area contributed by atoms with Crippen LogP contribution in [0, 0.1) is 6.08 Å². The number of benzene rings is 2. The molecule has 1 aliphatic carbocycles. The van der Waals surface area contributed by atoms with Crippen molar-refractivity contribution in [2.45, 2.75) is 20.3 Å². The molecule has 3 rings (SSSR count). The molecule has 0 bridgehead atoms.